The third-order valence-electron chi connectivity index (χ3n) is 4.75. The smallest absolute Gasteiger partial charge is 0.305 e. The highest BCUT2D eigenvalue weighted by Crippen LogP contribution is 2.35. The van der Waals surface area contributed by atoms with E-state index in [0.717, 1.165) is 24.1 Å². The second-order valence-corrected chi connectivity index (χ2v) is 6.53. The predicted octanol–water partition coefficient (Wildman–Crippen LogP) is 3.21. The number of aromatic nitrogens is 2. The summed E-state index contributed by atoms with van der Waals surface area (Å²) < 4.78 is 1.99. The molecule has 0 aliphatic heterocycles. The fourth-order valence-electron chi connectivity index (χ4n) is 3.40. The number of amides is 1. The predicted molar refractivity (Wildman–Crippen MR) is 94.4 cm³/mol. The summed E-state index contributed by atoms with van der Waals surface area (Å²) in [6.07, 6.45) is 6.06. The van der Waals surface area contributed by atoms with Crippen LogP contribution in [-0.2, 0) is 4.79 Å². The van der Waals surface area contributed by atoms with Crippen LogP contribution in [0.2, 0.25) is 0 Å². The average molecular weight is 341 g/mol. The molecule has 1 N–H and O–H groups in total. The summed E-state index contributed by atoms with van der Waals surface area (Å²) in [7, 11) is 1.63. The molecule has 0 unspecified atom stereocenters. The summed E-state index contributed by atoms with van der Waals surface area (Å²) in [6, 6.07) is 10.1. The molecule has 3 rings (SSSR count). The van der Waals surface area contributed by atoms with Crippen molar-refractivity contribution in [1.29, 1.82) is 0 Å². The van der Waals surface area contributed by atoms with Crippen LogP contribution in [0.15, 0.2) is 36.5 Å². The van der Waals surface area contributed by atoms with Crippen LogP contribution in [-0.4, -0.2) is 45.3 Å². The average Bonchev–Trinajstić information content (AvgIpc) is 3.28. The van der Waals surface area contributed by atoms with Gasteiger partial charge in [0.25, 0.3) is 5.91 Å². The fourth-order valence-corrected chi connectivity index (χ4v) is 3.40. The number of carbonyl (C=O) groups excluding carboxylic acids is 1. The van der Waals surface area contributed by atoms with Crippen molar-refractivity contribution >= 4 is 11.9 Å². The maximum atomic E-state index is 12.9. The first-order valence-corrected chi connectivity index (χ1v) is 8.68. The molecule has 0 saturated heterocycles. The first-order chi connectivity index (χ1) is 12.1. The zero-order valence-electron chi connectivity index (χ0n) is 14.4. The number of aliphatic carboxylic acids is 1. The standard InChI is InChI=1S/C19H23N3O3/c1-21(12-11-17(23)24)19(25)16-13-20-22(15-9-5-6-10-15)18(16)14-7-3-2-4-8-14/h2-4,7-8,13,15H,5-6,9-12H2,1H3,(H,23,24). The van der Waals surface area contributed by atoms with E-state index >= 15 is 0 Å². The minimum atomic E-state index is -0.912. The fraction of sp³-hybridized carbons (Fsp3) is 0.421. The Morgan fingerprint density at radius 3 is 2.56 bits per heavy atom. The van der Waals surface area contributed by atoms with Crippen molar-refractivity contribution < 1.29 is 14.7 Å². The van der Waals surface area contributed by atoms with Crippen LogP contribution in [0.3, 0.4) is 0 Å². The molecule has 0 bridgehead atoms. The summed E-state index contributed by atoms with van der Waals surface area (Å²) in [6.45, 7) is 0.178. The van der Waals surface area contributed by atoms with Crippen molar-refractivity contribution in [2.24, 2.45) is 0 Å². The van der Waals surface area contributed by atoms with Gasteiger partial charge in [0, 0.05) is 19.2 Å². The topological polar surface area (TPSA) is 75.4 Å². The monoisotopic (exact) mass is 341 g/mol. The van der Waals surface area contributed by atoms with Gasteiger partial charge in [0.2, 0.25) is 0 Å². The number of carbonyl (C=O) groups is 2. The molecule has 1 fully saturated rings. The Kier molecular flexibility index (Phi) is 5.16. The first kappa shape index (κ1) is 17.2. The SMILES string of the molecule is CN(CCC(=O)O)C(=O)c1cnn(C2CCCC2)c1-c1ccccc1. The Labute approximate surface area is 147 Å². The molecule has 1 aromatic heterocycles. The number of benzene rings is 1. The molecule has 1 aliphatic rings. The van der Waals surface area contributed by atoms with Gasteiger partial charge < -0.3 is 10.0 Å². The van der Waals surface area contributed by atoms with Crippen molar-refractivity contribution in [3.8, 4) is 11.3 Å². The molecule has 1 heterocycles. The first-order valence-electron chi connectivity index (χ1n) is 8.68. The number of nitrogens with zero attached hydrogens (tertiary/aromatic N) is 3. The molecule has 132 valence electrons. The van der Waals surface area contributed by atoms with Gasteiger partial charge >= 0.3 is 5.97 Å². The maximum Gasteiger partial charge on any atom is 0.305 e. The molecule has 0 radical (unpaired) electrons. The zero-order chi connectivity index (χ0) is 17.8. The van der Waals surface area contributed by atoms with Gasteiger partial charge in [-0.2, -0.15) is 5.10 Å². The van der Waals surface area contributed by atoms with Crippen molar-refractivity contribution in [2.45, 2.75) is 38.1 Å². The molecule has 6 nitrogen and oxygen atoms in total. The van der Waals surface area contributed by atoms with E-state index in [2.05, 4.69) is 5.10 Å². The molecule has 1 amide bonds. The third kappa shape index (κ3) is 3.73. The van der Waals surface area contributed by atoms with Crippen molar-refractivity contribution in [3.63, 3.8) is 0 Å². The highest BCUT2D eigenvalue weighted by Gasteiger charge is 2.27. The minimum absolute atomic E-state index is 0.0698. The van der Waals surface area contributed by atoms with Gasteiger partial charge in [-0.15, -0.1) is 0 Å². The van der Waals surface area contributed by atoms with Crippen molar-refractivity contribution in [3.05, 3.63) is 42.1 Å². The molecule has 1 saturated carbocycles. The lowest BCUT2D eigenvalue weighted by atomic mass is 10.1. The quantitative estimate of drug-likeness (QED) is 0.875. The van der Waals surface area contributed by atoms with Crippen LogP contribution >= 0.6 is 0 Å². The molecule has 2 aromatic rings. The summed E-state index contributed by atoms with van der Waals surface area (Å²) in [4.78, 5) is 25.1. The van der Waals surface area contributed by atoms with Gasteiger partial charge in [0.05, 0.1) is 29.9 Å². The second-order valence-electron chi connectivity index (χ2n) is 6.53. The van der Waals surface area contributed by atoms with Gasteiger partial charge in [-0.05, 0) is 12.8 Å². The highest BCUT2D eigenvalue weighted by atomic mass is 16.4. The van der Waals surface area contributed by atoms with E-state index in [9.17, 15) is 9.59 Å². The van der Waals surface area contributed by atoms with E-state index in [4.69, 9.17) is 5.11 Å². The number of hydrogen-bond donors (Lipinski definition) is 1. The maximum absolute atomic E-state index is 12.9. The van der Waals surface area contributed by atoms with Gasteiger partial charge in [-0.1, -0.05) is 43.2 Å². The summed E-state index contributed by atoms with van der Waals surface area (Å²) >= 11 is 0. The molecule has 0 spiro atoms. The second kappa shape index (κ2) is 7.51. The Hall–Kier alpha value is -2.63. The third-order valence-corrected chi connectivity index (χ3v) is 4.75. The van der Waals surface area contributed by atoms with Crippen LogP contribution in [0.5, 0.6) is 0 Å². The lowest BCUT2D eigenvalue weighted by Gasteiger charge is -2.18. The van der Waals surface area contributed by atoms with E-state index in [0.29, 0.717) is 11.6 Å². The van der Waals surface area contributed by atoms with Crippen LogP contribution in [0.1, 0.15) is 48.5 Å². The molecule has 6 heteroatoms. The van der Waals surface area contributed by atoms with E-state index in [-0.39, 0.29) is 18.9 Å². The van der Waals surface area contributed by atoms with Crippen molar-refractivity contribution in [2.75, 3.05) is 13.6 Å². The Morgan fingerprint density at radius 1 is 1.24 bits per heavy atom. The lowest BCUT2D eigenvalue weighted by molar-refractivity contribution is -0.137. The van der Waals surface area contributed by atoms with E-state index < -0.39 is 5.97 Å². The van der Waals surface area contributed by atoms with Crippen LogP contribution < -0.4 is 0 Å². The molecular formula is C19H23N3O3. The van der Waals surface area contributed by atoms with Gasteiger partial charge in [0.15, 0.2) is 0 Å². The normalized spacial score (nSPS) is 14.6. The molecule has 25 heavy (non-hydrogen) atoms. The van der Waals surface area contributed by atoms with E-state index in [1.165, 1.54) is 17.7 Å². The molecule has 1 aromatic carbocycles. The van der Waals surface area contributed by atoms with Gasteiger partial charge in [-0.3, -0.25) is 14.3 Å². The summed E-state index contributed by atoms with van der Waals surface area (Å²) in [5.74, 6) is -1.10. The Bertz CT molecular complexity index is 749. The van der Waals surface area contributed by atoms with Crippen LogP contribution in [0.25, 0.3) is 11.3 Å². The number of rotatable bonds is 6. The van der Waals surface area contributed by atoms with Crippen LogP contribution in [0.4, 0.5) is 0 Å². The summed E-state index contributed by atoms with van der Waals surface area (Å²) in [5, 5.41) is 13.4. The van der Waals surface area contributed by atoms with Crippen molar-refractivity contribution in [1.82, 2.24) is 14.7 Å². The lowest BCUT2D eigenvalue weighted by Crippen LogP contribution is -2.29. The van der Waals surface area contributed by atoms with Gasteiger partial charge in [0.1, 0.15) is 0 Å². The Morgan fingerprint density at radius 2 is 1.92 bits per heavy atom. The Balaban J connectivity index is 1.96. The minimum Gasteiger partial charge on any atom is -0.481 e. The van der Waals surface area contributed by atoms with E-state index in [1.807, 2.05) is 35.0 Å². The highest BCUT2D eigenvalue weighted by molar-refractivity contribution is 6.00. The summed E-state index contributed by atoms with van der Waals surface area (Å²) in [5.41, 5.74) is 2.33. The van der Waals surface area contributed by atoms with E-state index in [1.54, 1.807) is 13.2 Å². The number of hydrogen-bond acceptors (Lipinski definition) is 3. The number of carboxylic acids is 1. The number of carboxylic acid groups (broad SMARTS) is 1. The van der Waals surface area contributed by atoms with Crippen LogP contribution in [0, 0.1) is 0 Å². The molecular weight excluding hydrogens is 318 g/mol. The molecule has 1 aliphatic carbocycles. The zero-order valence-corrected chi connectivity index (χ0v) is 14.4. The largest absolute Gasteiger partial charge is 0.481 e. The molecule has 0 atom stereocenters. The van der Waals surface area contributed by atoms with Gasteiger partial charge in [-0.25, -0.2) is 0 Å².